The SMILES string of the molecule is Cn1cc2c(n1)C(=O)N(COCC[Si](C)(C)C)CCCCOc1cc(ccn1)-c1nc(cn1COCC[Si](C)(C)C)C(=O)N2. The van der Waals surface area contributed by atoms with Crippen LogP contribution in [0.3, 0.4) is 0 Å². The molecule has 1 aliphatic heterocycles. The third-order valence-corrected chi connectivity index (χ3v) is 10.5. The molecule has 0 aromatic carbocycles. The number of rotatable bonds is 10. The minimum absolute atomic E-state index is 0.142. The van der Waals surface area contributed by atoms with Crippen LogP contribution in [0.1, 0.15) is 33.8 Å². The van der Waals surface area contributed by atoms with Crippen LogP contribution in [0, 0.1) is 0 Å². The lowest BCUT2D eigenvalue weighted by molar-refractivity contribution is 0.0267. The summed E-state index contributed by atoms with van der Waals surface area (Å²) < 4.78 is 21.3. The largest absolute Gasteiger partial charge is 0.478 e. The molecule has 44 heavy (non-hydrogen) atoms. The molecule has 0 unspecified atom stereocenters. The van der Waals surface area contributed by atoms with Gasteiger partial charge in [0.1, 0.15) is 25.0 Å². The normalized spacial score (nSPS) is 15.0. The van der Waals surface area contributed by atoms with Crippen LogP contribution in [-0.4, -0.2) is 90.3 Å². The molecule has 12 nitrogen and oxygen atoms in total. The smallest absolute Gasteiger partial charge is 0.278 e. The first-order chi connectivity index (χ1) is 20.8. The van der Waals surface area contributed by atoms with E-state index in [2.05, 4.69) is 59.7 Å². The van der Waals surface area contributed by atoms with Gasteiger partial charge in [-0.1, -0.05) is 39.3 Å². The van der Waals surface area contributed by atoms with Crippen LogP contribution in [0.4, 0.5) is 5.69 Å². The molecule has 4 heterocycles. The zero-order valence-electron chi connectivity index (χ0n) is 27.2. The van der Waals surface area contributed by atoms with Gasteiger partial charge in [-0.15, -0.1) is 0 Å². The molecule has 0 aliphatic carbocycles. The highest BCUT2D eigenvalue weighted by atomic mass is 28.3. The Morgan fingerprint density at radius 1 is 0.977 bits per heavy atom. The van der Waals surface area contributed by atoms with Crippen LogP contribution in [0.25, 0.3) is 11.4 Å². The maximum Gasteiger partial charge on any atom is 0.278 e. The van der Waals surface area contributed by atoms with E-state index in [1.165, 1.54) is 4.68 Å². The van der Waals surface area contributed by atoms with Gasteiger partial charge in [-0.05, 0) is 31.0 Å². The highest BCUT2D eigenvalue weighted by molar-refractivity contribution is 6.76. The summed E-state index contributed by atoms with van der Waals surface area (Å²) in [5, 5.41) is 7.29. The molecule has 3 aromatic heterocycles. The number of aromatic nitrogens is 5. The second-order valence-electron chi connectivity index (χ2n) is 13.6. The molecule has 0 spiro atoms. The molecule has 1 aliphatic rings. The number of ether oxygens (including phenoxy) is 3. The number of anilines is 1. The highest BCUT2D eigenvalue weighted by Crippen LogP contribution is 2.24. The molecule has 0 radical (unpaired) electrons. The van der Waals surface area contributed by atoms with Gasteiger partial charge in [-0.2, -0.15) is 5.10 Å². The maximum absolute atomic E-state index is 13.8. The molecule has 2 amide bonds. The number of imidazole rings is 1. The van der Waals surface area contributed by atoms with E-state index in [-0.39, 0.29) is 30.8 Å². The van der Waals surface area contributed by atoms with Gasteiger partial charge in [0, 0.05) is 73.2 Å². The molecule has 14 heteroatoms. The Morgan fingerprint density at radius 2 is 1.68 bits per heavy atom. The van der Waals surface area contributed by atoms with Crippen molar-refractivity contribution in [2.75, 3.05) is 38.4 Å². The number of carbonyl (C=O) groups excluding carboxylic acids is 2. The van der Waals surface area contributed by atoms with E-state index in [1.807, 2.05) is 16.7 Å². The van der Waals surface area contributed by atoms with Crippen LogP contribution in [-0.2, 0) is 23.3 Å². The number of aryl methyl sites for hydroxylation is 1. The number of pyridine rings is 1. The summed E-state index contributed by atoms with van der Waals surface area (Å²) in [6.07, 6.45) is 6.37. The van der Waals surface area contributed by atoms with E-state index in [9.17, 15) is 9.59 Å². The molecule has 0 saturated carbocycles. The molecule has 4 bridgehead atoms. The van der Waals surface area contributed by atoms with Gasteiger partial charge in [0.25, 0.3) is 11.8 Å². The minimum Gasteiger partial charge on any atom is -0.478 e. The van der Waals surface area contributed by atoms with Crippen molar-refractivity contribution in [1.82, 2.24) is 29.2 Å². The molecule has 240 valence electrons. The third-order valence-electron chi connectivity index (χ3n) is 7.11. The van der Waals surface area contributed by atoms with E-state index >= 15 is 0 Å². The summed E-state index contributed by atoms with van der Waals surface area (Å²) in [7, 11) is -0.834. The monoisotopic (exact) mass is 641 g/mol. The van der Waals surface area contributed by atoms with Crippen molar-refractivity contribution in [2.45, 2.75) is 70.9 Å². The van der Waals surface area contributed by atoms with Crippen LogP contribution in [0.2, 0.25) is 51.4 Å². The Bertz CT molecular complexity index is 1430. The summed E-state index contributed by atoms with van der Waals surface area (Å²) in [6.45, 7) is 16.3. The Hall–Kier alpha value is -3.34. The molecular formula is C30H47N7O5Si2. The van der Waals surface area contributed by atoms with Gasteiger partial charge in [-0.3, -0.25) is 14.3 Å². The first-order valence-corrected chi connectivity index (χ1v) is 22.7. The summed E-state index contributed by atoms with van der Waals surface area (Å²) >= 11 is 0. The first-order valence-electron chi connectivity index (χ1n) is 15.3. The van der Waals surface area contributed by atoms with Crippen molar-refractivity contribution in [2.24, 2.45) is 7.05 Å². The zero-order chi connectivity index (χ0) is 31.9. The average molecular weight is 642 g/mol. The fraction of sp³-hybridized carbons (Fsp3) is 0.567. The zero-order valence-corrected chi connectivity index (χ0v) is 29.2. The number of hydrogen-bond acceptors (Lipinski definition) is 8. The van der Waals surface area contributed by atoms with E-state index in [1.54, 1.807) is 30.5 Å². The van der Waals surface area contributed by atoms with Gasteiger partial charge in [0.05, 0.1) is 12.3 Å². The van der Waals surface area contributed by atoms with Gasteiger partial charge in [-0.25, -0.2) is 9.97 Å². The average Bonchev–Trinajstić information content (AvgIpc) is 3.53. The van der Waals surface area contributed by atoms with E-state index in [0.717, 1.165) is 17.7 Å². The van der Waals surface area contributed by atoms with Crippen molar-refractivity contribution >= 4 is 33.6 Å². The quantitative estimate of drug-likeness (QED) is 0.237. The van der Waals surface area contributed by atoms with Gasteiger partial charge in [0.2, 0.25) is 5.88 Å². The van der Waals surface area contributed by atoms with Crippen LogP contribution in [0.15, 0.2) is 30.7 Å². The van der Waals surface area contributed by atoms with Crippen LogP contribution < -0.4 is 10.1 Å². The Balaban J connectivity index is 1.62. The van der Waals surface area contributed by atoms with Crippen LogP contribution in [0.5, 0.6) is 5.88 Å². The van der Waals surface area contributed by atoms with Gasteiger partial charge >= 0.3 is 0 Å². The van der Waals surface area contributed by atoms with Gasteiger partial charge in [0.15, 0.2) is 5.69 Å². The van der Waals surface area contributed by atoms with Crippen LogP contribution >= 0.6 is 0 Å². The van der Waals surface area contributed by atoms with E-state index < -0.39 is 22.1 Å². The number of amides is 2. The second-order valence-corrected chi connectivity index (χ2v) is 24.9. The number of nitrogens with zero attached hydrogens (tertiary/aromatic N) is 6. The summed E-state index contributed by atoms with van der Waals surface area (Å²) in [5.74, 6) is 0.256. The van der Waals surface area contributed by atoms with Crippen molar-refractivity contribution in [1.29, 1.82) is 0 Å². The lowest BCUT2D eigenvalue weighted by Gasteiger charge is -2.23. The predicted octanol–water partition coefficient (Wildman–Crippen LogP) is 5.17. The van der Waals surface area contributed by atoms with Crippen molar-refractivity contribution in [3.8, 4) is 17.3 Å². The number of carbonyl (C=O) groups is 2. The van der Waals surface area contributed by atoms with E-state index in [0.29, 0.717) is 56.6 Å². The lowest BCUT2D eigenvalue weighted by atomic mass is 10.2. The number of nitrogens with one attached hydrogen (secondary N) is 1. The maximum atomic E-state index is 13.8. The van der Waals surface area contributed by atoms with Crippen molar-refractivity contribution in [3.63, 3.8) is 0 Å². The highest BCUT2D eigenvalue weighted by Gasteiger charge is 2.26. The number of hydrogen-bond donors (Lipinski definition) is 1. The minimum atomic E-state index is -1.29. The Morgan fingerprint density at radius 3 is 2.39 bits per heavy atom. The third kappa shape index (κ3) is 9.84. The van der Waals surface area contributed by atoms with E-state index in [4.69, 9.17) is 14.2 Å². The molecule has 1 N–H and O–H groups in total. The standard InChI is InChI=1S/C30H47N7O5Si2/c1-35-19-24-27(34-35)30(39)36(21-40-14-16-43(2,3)4)12-8-9-13-42-26-18-23(10-11-31-26)28-32-25(29(38)33-24)20-37(28)22-41-15-17-44(5,6)7/h10-11,18-20H,8-9,12-17,21-22H2,1-7H3,(H,33,38). The summed E-state index contributed by atoms with van der Waals surface area (Å²) in [5.41, 5.74) is 1.41. The molecule has 0 atom stereocenters. The molecule has 0 fully saturated rings. The molecule has 3 aromatic rings. The Labute approximate surface area is 262 Å². The summed E-state index contributed by atoms with van der Waals surface area (Å²) in [4.78, 5) is 38.0. The number of fused-ring (bicyclic) bond motifs is 6. The van der Waals surface area contributed by atoms with Crippen molar-refractivity contribution < 1.29 is 23.8 Å². The molecule has 0 saturated heterocycles. The Kier molecular flexibility index (Phi) is 11.2. The fourth-order valence-electron chi connectivity index (χ4n) is 4.46. The first kappa shape index (κ1) is 33.6. The fourth-order valence-corrected chi connectivity index (χ4v) is 5.97. The van der Waals surface area contributed by atoms with Crippen molar-refractivity contribution in [3.05, 3.63) is 42.1 Å². The second kappa shape index (κ2) is 14.6. The lowest BCUT2D eigenvalue weighted by Crippen LogP contribution is -2.36. The predicted molar refractivity (Wildman–Crippen MR) is 175 cm³/mol. The summed E-state index contributed by atoms with van der Waals surface area (Å²) in [6, 6.07) is 5.68. The molecule has 4 rings (SSSR count). The van der Waals surface area contributed by atoms with Gasteiger partial charge < -0.3 is 29.0 Å². The topological polar surface area (TPSA) is 126 Å². The molecular weight excluding hydrogens is 595 g/mol.